The van der Waals surface area contributed by atoms with Gasteiger partial charge in [-0.25, -0.2) is 4.99 Å². The van der Waals surface area contributed by atoms with Gasteiger partial charge in [-0.1, -0.05) is 6.92 Å². The Labute approximate surface area is 153 Å². The number of hydrogen-bond donors (Lipinski definition) is 2. The van der Waals surface area contributed by atoms with Crippen molar-refractivity contribution >= 4 is 11.9 Å². The lowest BCUT2D eigenvalue weighted by atomic mass is 10.2. The molecule has 1 atom stereocenters. The third-order valence-corrected chi connectivity index (χ3v) is 4.49. The van der Waals surface area contributed by atoms with E-state index in [4.69, 9.17) is 4.74 Å². The zero-order valence-corrected chi connectivity index (χ0v) is 16.5. The number of guanidine groups is 1. The molecule has 1 fully saturated rings. The van der Waals surface area contributed by atoms with Crippen molar-refractivity contribution in [1.29, 1.82) is 0 Å². The van der Waals surface area contributed by atoms with Crippen LogP contribution in [0.15, 0.2) is 4.99 Å². The molecule has 25 heavy (non-hydrogen) atoms. The minimum Gasteiger partial charge on any atom is -0.382 e. The van der Waals surface area contributed by atoms with Gasteiger partial charge in [-0.05, 0) is 45.7 Å². The van der Waals surface area contributed by atoms with Gasteiger partial charge in [-0.2, -0.15) is 0 Å². The van der Waals surface area contributed by atoms with Crippen LogP contribution in [0.2, 0.25) is 0 Å². The maximum Gasteiger partial charge on any atom is 0.243 e. The van der Waals surface area contributed by atoms with E-state index < -0.39 is 0 Å². The molecule has 0 aromatic rings. The highest BCUT2D eigenvalue weighted by Crippen LogP contribution is 2.15. The van der Waals surface area contributed by atoms with Crippen molar-refractivity contribution in [1.82, 2.24) is 20.4 Å². The Morgan fingerprint density at radius 3 is 2.76 bits per heavy atom. The Morgan fingerprint density at radius 2 is 2.08 bits per heavy atom. The first-order valence-corrected chi connectivity index (χ1v) is 9.62. The number of rotatable bonds is 11. The van der Waals surface area contributed by atoms with Gasteiger partial charge in [0.15, 0.2) is 5.96 Å². The first kappa shape index (κ1) is 21.7. The molecule has 1 unspecified atom stereocenters. The van der Waals surface area contributed by atoms with Crippen LogP contribution in [-0.2, 0) is 9.53 Å². The van der Waals surface area contributed by atoms with Gasteiger partial charge >= 0.3 is 0 Å². The fourth-order valence-corrected chi connectivity index (χ4v) is 2.90. The molecular weight excluding hydrogens is 318 g/mol. The molecule has 0 spiro atoms. The quantitative estimate of drug-likeness (QED) is 0.328. The summed E-state index contributed by atoms with van der Waals surface area (Å²) in [5.74, 6) is 0.739. The number of hydrogen-bond acceptors (Lipinski definition) is 4. The van der Waals surface area contributed by atoms with E-state index in [0.717, 1.165) is 51.6 Å². The van der Waals surface area contributed by atoms with E-state index in [1.54, 1.807) is 19.0 Å². The second-order valence-electron chi connectivity index (χ2n) is 6.59. The number of nitrogens with zero attached hydrogens (tertiary/aromatic N) is 3. The van der Waals surface area contributed by atoms with E-state index in [9.17, 15) is 4.79 Å². The van der Waals surface area contributed by atoms with E-state index >= 15 is 0 Å². The lowest BCUT2D eigenvalue weighted by molar-refractivity contribution is -0.127. The first-order chi connectivity index (χ1) is 12.1. The van der Waals surface area contributed by atoms with Crippen LogP contribution in [-0.4, -0.2) is 87.7 Å². The van der Waals surface area contributed by atoms with E-state index in [0.29, 0.717) is 6.04 Å². The molecular formula is C18H37N5O2. The largest absolute Gasteiger partial charge is 0.382 e. The van der Waals surface area contributed by atoms with Gasteiger partial charge < -0.3 is 20.3 Å². The molecule has 7 nitrogen and oxygen atoms in total. The van der Waals surface area contributed by atoms with Crippen molar-refractivity contribution < 1.29 is 9.53 Å². The second-order valence-corrected chi connectivity index (χ2v) is 6.59. The molecule has 0 aliphatic carbocycles. The van der Waals surface area contributed by atoms with Crippen LogP contribution in [0.3, 0.4) is 0 Å². The molecule has 1 heterocycles. The van der Waals surface area contributed by atoms with Crippen LogP contribution in [0.1, 0.15) is 39.5 Å². The Morgan fingerprint density at radius 1 is 1.28 bits per heavy atom. The fourth-order valence-electron chi connectivity index (χ4n) is 2.90. The maximum atomic E-state index is 11.8. The number of ether oxygens (including phenoxy) is 1. The number of likely N-dealkylation sites (N-methyl/N-ethyl adjacent to an activating group) is 2. The molecule has 1 aliphatic rings. The summed E-state index contributed by atoms with van der Waals surface area (Å²) in [5, 5.41) is 6.76. The van der Waals surface area contributed by atoms with Crippen LogP contribution < -0.4 is 10.6 Å². The molecule has 0 bridgehead atoms. The highest BCUT2D eigenvalue weighted by molar-refractivity contribution is 5.84. The molecule has 1 rings (SSSR count). The number of amides is 1. The SMILES string of the molecule is CCOCCCCNC(=NCC(=O)N(C)C)NCC1CCCN1CC. The highest BCUT2D eigenvalue weighted by atomic mass is 16.5. The number of likely N-dealkylation sites (tertiary alicyclic amines) is 1. The molecule has 1 saturated heterocycles. The third kappa shape index (κ3) is 9.07. The van der Waals surface area contributed by atoms with Crippen molar-refractivity contribution in [3.8, 4) is 0 Å². The minimum absolute atomic E-state index is 0.00787. The van der Waals surface area contributed by atoms with Gasteiger partial charge in [-0.3, -0.25) is 9.69 Å². The second kappa shape index (κ2) is 12.9. The Bertz CT molecular complexity index is 401. The number of unbranched alkanes of at least 4 members (excludes halogenated alkanes) is 1. The summed E-state index contributed by atoms with van der Waals surface area (Å²) in [4.78, 5) is 20.3. The molecule has 0 aromatic heterocycles. The van der Waals surface area contributed by atoms with E-state index in [-0.39, 0.29) is 12.5 Å². The summed E-state index contributed by atoms with van der Waals surface area (Å²) in [6.07, 6.45) is 4.53. The average molecular weight is 356 g/mol. The standard InChI is InChI=1S/C18H37N5O2/c1-5-23-12-9-10-16(23)14-20-18(21-15-17(24)22(3)4)19-11-7-8-13-25-6-2/h16H,5-15H2,1-4H3,(H2,19,20,21). The first-order valence-electron chi connectivity index (χ1n) is 9.62. The summed E-state index contributed by atoms with van der Waals surface area (Å²) in [5.41, 5.74) is 0. The molecule has 7 heteroatoms. The smallest absolute Gasteiger partial charge is 0.243 e. The van der Waals surface area contributed by atoms with Crippen molar-refractivity contribution in [2.75, 3.05) is 60.0 Å². The topological polar surface area (TPSA) is 69.2 Å². The molecule has 0 saturated carbocycles. The van der Waals surface area contributed by atoms with Crippen molar-refractivity contribution in [3.63, 3.8) is 0 Å². The average Bonchev–Trinajstić information content (AvgIpc) is 3.06. The molecule has 0 aromatic carbocycles. The summed E-state index contributed by atoms with van der Waals surface area (Å²) >= 11 is 0. The van der Waals surface area contributed by atoms with Crippen LogP contribution in [0.4, 0.5) is 0 Å². The predicted octanol–water partition coefficient (Wildman–Crippen LogP) is 0.911. The molecule has 1 amide bonds. The number of carbonyl (C=O) groups is 1. The summed E-state index contributed by atoms with van der Waals surface area (Å²) in [6, 6.07) is 0.555. The Balaban J connectivity index is 2.43. The van der Waals surface area contributed by atoms with Crippen molar-refractivity contribution in [2.45, 2.75) is 45.6 Å². The Kier molecular flexibility index (Phi) is 11.2. The maximum absolute atomic E-state index is 11.8. The number of aliphatic imine (C=N–C) groups is 1. The highest BCUT2D eigenvalue weighted by Gasteiger charge is 2.22. The predicted molar refractivity (Wildman–Crippen MR) is 103 cm³/mol. The van der Waals surface area contributed by atoms with Gasteiger partial charge in [0, 0.05) is 46.4 Å². The van der Waals surface area contributed by atoms with E-state index in [1.165, 1.54) is 19.4 Å². The normalized spacial score (nSPS) is 18.4. The number of carbonyl (C=O) groups excluding carboxylic acids is 1. The lowest BCUT2D eigenvalue weighted by Crippen LogP contribution is -2.45. The van der Waals surface area contributed by atoms with E-state index in [1.807, 2.05) is 6.92 Å². The third-order valence-electron chi connectivity index (χ3n) is 4.49. The van der Waals surface area contributed by atoms with Crippen LogP contribution in [0, 0.1) is 0 Å². The zero-order chi connectivity index (χ0) is 18.5. The van der Waals surface area contributed by atoms with Crippen LogP contribution in [0.5, 0.6) is 0 Å². The van der Waals surface area contributed by atoms with Crippen molar-refractivity contribution in [3.05, 3.63) is 0 Å². The molecule has 146 valence electrons. The van der Waals surface area contributed by atoms with Gasteiger partial charge in [0.1, 0.15) is 6.54 Å². The van der Waals surface area contributed by atoms with Crippen LogP contribution >= 0.6 is 0 Å². The van der Waals surface area contributed by atoms with E-state index in [2.05, 4.69) is 27.4 Å². The van der Waals surface area contributed by atoms with Gasteiger partial charge in [0.05, 0.1) is 0 Å². The number of nitrogens with one attached hydrogen (secondary N) is 2. The minimum atomic E-state index is 0.00787. The molecule has 0 radical (unpaired) electrons. The van der Waals surface area contributed by atoms with Crippen molar-refractivity contribution in [2.24, 2.45) is 4.99 Å². The summed E-state index contributed by atoms with van der Waals surface area (Å²) in [6.45, 7) is 9.92. The monoisotopic (exact) mass is 355 g/mol. The van der Waals surface area contributed by atoms with Gasteiger partial charge in [-0.15, -0.1) is 0 Å². The lowest BCUT2D eigenvalue weighted by Gasteiger charge is -2.24. The zero-order valence-electron chi connectivity index (χ0n) is 16.5. The summed E-state index contributed by atoms with van der Waals surface area (Å²) < 4.78 is 5.36. The van der Waals surface area contributed by atoms with Gasteiger partial charge in [0.25, 0.3) is 0 Å². The fraction of sp³-hybridized carbons (Fsp3) is 0.889. The Hall–Kier alpha value is -1.34. The molecule has 2 N–H and O–H groups in total. The van der Waals surface area contributed by atoms with Gasteiger partial charge in [0.2, 0.25) is 5.91 Å². The molecule has 1 aliphatic heterocycles. The van der Waals surface area contributed by atoms with Crippen LogP contribution in [0.25, 0.3) is 0 Å². The summed E-state index contributed by atoms with van der Waals surface area (Å²) in [7, 11) is 3.51.